The van der Waals surface area contributed by atoms with Crippen LogP contribution < -0.4 is 5.32 Å². The largest absolute Gasteiger partial charge is 0.373 e. The maximum Gasteiger partial charge on any atom is 0.125 e. The lowest BCUT2D eigenvalue weighted by atomic mass is 10.0. The van der Waals surface area contributed by atoms with Crippen LogP contribution in [-0.4, -0.2) is 30.0 Å². The number of hydrogen-bond acceptors (Lipinski definition) is 3. The Morgan fingerprint density at radius 3 is 3.00 bits per heavy atom. The monoisotopic (exact) mass is 219 g/mol. The lowest BCUT2D eigenvalue weighted by Gasteiger charge is -2.24. The van der Waals surface area contributed by atoms with Gasteiger partial charge in [-0.3, -0.25) is 4.90 Å². The van der Waals surface area contributed by atoms with E-state index in [4.69, 9.17) is 0 Å². The molecule has 0 bridgehead atoms. The third-order valence-corrected chi connectivity index (χ3v) is 3.54. The maximum absolute atomic E-state index is 4.43. The molecule has 1 saturated heterocycles. The van der Waals surface area contributed by atoms with Crippen molar-refractivity contribution < 1.29 is 0 Å². The zero-order valence-corrected chi connectivity index (χ0v) is 10.5. The summed E-state index contributed by atoms with van der Waals surface area (Å²) in [6.07, 6.45) is 4.63. The van der Waals surface area contributed by atoms with E-state index >= 15 is 0 Å². The van der Waals surface area contributed by atoms with Gasteiger partial charge in [0.05, 0.1) is 0 Å². The zero-order valence-electron chi connectivity index (χ0n) is 10.5. The second-order valence-corrected chi connectivity index (χ2v) is 4.46. The van der Waals surface area contributed by atoms with Crippen LogP contribution in [-0.2, 0) is 0 Å². The number of likely N-dealkylation sites (tertiary alicyclic amines) is 1. The van der Waals surface area contributed by atoms with E-state index in [1.807, 2.05) is 13.2 Å². The van der Waals surface area contributed by atoms with Gasteiger partial charge in [-0.25, -0.2) is 4.98 Å². The number of aromatic nitrogens is 1. The van der Waals surface area contributed by atoms with Crippen molar-refractivity contribution in [2.24, 2.45) is 0 Å². The Hall–Kier alpha value is -1.09. The molecule has 16 heavy (non-hydrogen) atoms. The summed E-state index contributed by atoms with van der Waals surface area (Å²) in [5.41, 5.74) is 2.75. The molecule has 1 N–H and O–H groups in total. The molecule has 1 aliphatic rings. The summed E-state index contributed by atoms with van der Waals surface area (Å²) in [4.78, 5) is 6.98. The van der Waals surface area contributed by atoms with Crippen molar-refractivity contribution >= 4 is 5.82 Å². The average molecular weight is 219 g/mol. The molecule has 0 saturated carbocycles. The SMILES string of the molecule is CCN1CCCC1c1cnc(NC)cc1C. The molecule has 0 amide bonds. The minimum absolute atomic E-state index is 0.586. The van der Waals surface area contributed by atoms with Crippen LogP contribution in [0.3, 0.4) is 0 Å². The molecule has 2 rings (SSSR count). The maximum atomic E-state index is 4.43. The Morgan fingerprint density at radius 2 is 2.38 bits per heavy atom. The van der Waals surface area contributed by atoms with Crippen LogP contribution in [0, 0.1) is 6.92 Å². The minimum atomic E-state index is 0.586. The summed E-state index contributed by atoms with van der Waals surface area (Å²) in [7, 11) is 1.91. The normalized spacial score (nSPS) is 21.3. The summed E-state index contributed by atoms with van der Waals surface area (Å²) in [6.45, 7) is 6.79. The molecule has 0 aromatic carbocycles. The number of pyridine rings is 1. The van der Waals surface area contributed by atoms with Gasteiger partial charge < -0.3 is 5.32 Å². The van der Waals surface area contributed by atoms with Crippen LogP contribution in [0.15, 0.2) is 12.3 Å². The Labute approximate surface area is 97.9 Å². The van der Waals surface area contributed by atoms with E-state index in [-0.39, 0.29) is 0 Å². The Bertz CT molecular complexity index is 362. The van der Waals surface area contributed by atoms with Gasteiger partial charge in [0.15, 0.2) is 0 Å². The zero-order chi connectivity index (χ0) is 11.5. The molecule has 1 aromatic heterocycles. The smallest absolute Gasteiger partial charge is 0.125 e. The highest BCUT2D eigenvalue weighted by Gasteiger charge is 2.25. The van der Waals surface area contributed by atoms with Crippen molar-refractivity contribution in [2.75, 3.05) is 25.5 Å². The summed E-state index contributed by atoms with van der Waals surface area (Å²) in [6, 6.07) is 2.73. The number of nitrogens with zero attached hydrogens (tertiary/aromatic N) is 2. The lowest BCUT2D eigenvalue weighted by molar-refractivity contribution is 0.270. The van der Waals surface area contributed by atoms with Gasteiger partial charge in [0, 0.05) is 19.3 Å². The van der Waals surface area contributed by atoms with Gasteiger partial charge in [0.1, 0.15) is 5.82 Å². The number of rotatable bonds is 3. The predicted octanol–water partition coefficient (Wildman–Crippen LogP) is 2.59. The molecule has 0 radical (unpaired) electrons. The highest BCUT2D eigenvalue weighted by molar-refractivity contribution is 5.41. The van der Waals surface area contributed by atoms with E-state index in [0.717, 1.165) is 12.4 Å². The molecule has 0 spiro atoms. The fraction of sp³-hybridized carbons (Fsp3) is 0.615. The molecule has 3 nitrogen and oxygen atoms in total. The van der Waals surface area contributed by atoms with E-state index in [1.54, 1.807) is 0 Å². The second kappa shape index (κ2) is 4.83. The Morgan fingerprint density at radius 1 is 1.56 bits per heavy atom. The highest BCUT2D eigenvalue weighted by Crippen LogP contribution is 2.33. The standard InChI is InChI=1S/C13H21N3/c1-4-16-7-5-6-12(16)11-9-15-13(14-3)8-10(11)2/h8-9,12H,4-7H2,1-3H3,(H,14,15). The number of aryl methyl sites for hydroxylation is 1. The van der Waals surface area contributed by atoms with E-state index in [9.17, 15) is 0 Å². The van der Waals surface area contributed by atoms with Gasteiger partial charge >= 0.3 is 0 Å². The third kappa shape index (κ3) is 2.05. The van der Waals surface area contributed by atoms with Crippen molar-refractivity contribution in [2.45, 2.75) is 32.7 Å². The quantitative estimate of drug-likeness (QED) is 0.847. The second-order valence-electron chi connectivity index (χ2n) is 4.46. The Balaban J connectivity index is 2.26. The topological polar surface area (TPSA) is 28.2 Å². The first-order valence-electron chi connectivity index (χ1n) is 6.14. The number of nitrogens with one attached hydrogen (secondary N) is 1. The van der Waals surface area contributed by atoms with Crippen molar-refractivity contribution in [1.29, 1.82) is 0 Å². The van der Waals surface area contributed by atoms with Crippen LogP contribution in [0.5, 0.6) is 0 Å². The van der Waals surface area contributed by atoms with Crippen molar-refractivity contribution in [3.63, 3.8) is 0 Å². The lowest BCUT2D eigenvalue weighted by Crippen LogP contribution is -2.23. The van der Waals surface area contributed by atoms with Gasteiger partial charge in [0.25, 0.3) is 0 Å². The molecule has 88 valence electrons. The first kappa shape index (κ1) is 11.4. The Kier molecular flexibility index (Phi) is 3.44. The highest BCUT2D eigenvalue weighted by atomic mass is 15.2. The molecule has 1 aromatic rings. The van der Waals surface area contributed by atoms with Crippen LogP contribution >= 0.6 is 0 Å². The van der Waals surface area contributed by atoms with Gasteiger partial charge in [-0.15, -0.1) is 0 Å². The molecule has 2 heterocycles. The van der Waals surface area contributed by atoms with Crippen LogP contribution in [0.2, 0.25) is 0 Å². The van der Waals surface area contributed by atoms with E-state index in [1.165, 1.54) is 30.5 Å². The summed E-state index contributed by atoms with van der Waals surface area (Å²) in [5, 5.41) is 3.09. The van der Waals surface area contributed by atoms with Crippen LogP contribution in [0.1, 0.15) is 36.9 Å². The number of anilines is 1. The molecular formula is C13H21N3. The molecule has 1 atom stereocenters. The van der Waals surface area contributed by atoms with Gasteiger partial charge in [-0.1, -0.05) is 6.92 Å². The molecule has 1 aliphatic heterocycles. The molecule has 1 unspecified atom stereocenters. The van der Waals surface area contributed by atoms with Crippen LogP contribution in [0.4, 0.5) is 5.82 Å². The van der Waals surface area contributed by atoms with E-state index in [2.05, 4.69) is 35.1 Å². The fourth-order valence-electron chi connectivity index (χ4n) is 2.61. The predicted molar refractivity (Wildman–Crippen MR) is 67.7 cm³/mol. The first-order chi connectivity index (χ1) is 7.76. The fourth-order valence-corrected chi connectivity index (χ4v) is 2.61. The first-order valence-corrected chi connectivity index (χ1v) is 6.14. The minimum Gasteiger partial charge on any atom is -0.373 e. The summed E-state index contributed by atoms with van der Waals surface area (Å²) in [5.74, 6) is 0.960. The van der Waals surface area contributed by atoms with Crippen molar-refractivity contribution in [3.05, 3.63) is 23.4 Å². The van der Waals surface area contributed by atoms with Crippen molar-refractivity contribution in [3.8, 4) is 0 Å². The van der Waals surface area contributed by atoms with Crippen LogP contribution in [0.25, 0.3) is 0 Å². The molecule has 3 heteroatoms. The number of hydrogen-bond donors (Lipinski definition) is 1. The summed E-state index contributed by atoms with van der Waals surface area (Å²) >= 11 is 0. The summed E-state index contributed by atoms with van der Waals surface area (Å²) < 4.78 is 0. The average Bonchev–Trinajstić information content (AvgIpc) is 2.76. The van der Waals surface area contributed by atoms with E-state index < -0.39 is 0 Å². The van der Waals surface area contributed by atoms with Gasteiger partial charge in [0.2, 0.25) is 0 Å². The molecule has 1 fully saturated rings. The molecular weight excluding hydrogens is 198 g/mol. The van der Waals surface area contributed by atoms with Crippen molar-refractivity contribution in [1.82, 2.24) is 9.88 Å². The van der Waals surface area contributed by atoms with E-state index in [0.29, 0.717) is 6.04 Å². The van der Waals surface area contributed by atoms with Gasteiger partial charge in [-0.2, -0.15) is 0 Å². The third-order valence-electron chi connectivity index (χ3n) is 3.54. The van der Waals surface area contributed by atoms with Gasteiger partial charge in [-0.05, 0) is 50.0 Å². The molecule has 0 aliphatic carbocycles.